The number of halogens is 3. The van der Waals surface area contributed by atoms with Gasteiger partial charge >= 0.3 is 6.61 Å². The third kappa shape index (κ3) is 4.78. The fourth-order valence-corrected chi connectivity index (χ4v) is 2.20. The van der Waals surface area contributed by atoms with E-state index in [1.807, 2.05) is 6.92 Å². The van der Waals surface area contributed by atoms with Crippen LogP contribution in [0.3, 0.4) is 0 Å². The smallest absolute Gasteiger partial charge is 0.387 e. The number of ether oxygens (including phenoxy) is 1. The molecule has 7 heteroatoms. The molecule has 1 N–H and O–H groups in total. The zero-order chi connectivity index (χ0) is 15.2. The number of aromatic nitrogens is 1. The summed E-state index contributed by atoms with van der Waals surface area (Å²) in [7, 11) is 0. The molecular formula is C14H15BrF2N2O2. The van der Waals surface area contributed by atoms with Crippen molar-refractivity contribution in [2.75, 3.05) is 0 Å². The molecule has 0 unspecified atom stereocenters. The fraction of sp³-hybridized carbons (Fsp3) is 0.357. The zero-order valence-corrected chi connectivity index (χ0v) is 13.0. The quantitative estimate of drug-likeness (QED) is 0.813. The summed E-state index contributed by atoms with van der Waals surface area (Å²) < 4.78 is 35.4. The summed E-state index contributed by atoms with van der Waals surface area (Å²) in [5.74, 6) is 1.54. The first-order chi connectivity index (χ1) is 10.1. The lowest BCUT2D eigenvalue weighted by molar-refractivity contribution is -0.0505. The van der Waals surface area contributed by atoms with Crippen molar-refractivity contribution in [1.82, 2.24) is 10.3 Å². The maximum absolute atomic E-state index is 12.4. The highest BCUT2D eigenvalue weighted by Crippen LogP contribution is 2.24. The molecule has 0 fully saturated rings. The van der Waals surface area contributed by atoms with Crippen LogP contribution < -0.4 is 10.1 Å². The highest BCUT2D eigenvalue weighted by atomic mass is 79.9. The molecule has 1 aromatic heterocycles. The second kappa shape index (κ2) is 7.51. The molecule has 21 heavy (non-hydrogen) atoms. The summed E-state index contributed by atoms with van der Waals surface area (Å²) in [5.41, 5.74) is 0.631. The van der Waals surface area contributed by atoms with Crippen LogP contribution in [0.5, 0.6) is 5.75 Å². The predicted octanol–water partition coefficient (Wildman–Crippen LogP) is 3.89. The van der Waals surface area contributed by atoms with Crippen LogP contribution in [0.4, 0.5) is 8.78 Å². The molecule has 114 valence electrons. The molecule has 0 amide bonds. The van der Waals surface area contributed by atoms with Gasteiger partial charge in [0, 0.05) is 23.0 Å². The summed E-state index contributed by atoms with van der Waals surface area (Å²) >= 11 is 3.31. The minimum Gasteiger partial charge on any atom is -0.444 e. The van der Waals surface area contributed by atoms with Gasteiger partial charge in [-0.3, -0.25) is 0 Å². The second-order valence-electron chi connectivity index (χ2n) is 4.31. The number of aryl methyl sites for hydroxylation is 1. The van der Waals surface area contributed by atoms with Crippen LogP contribution in [0.15, 0.2) is 33.3 Å². The van der Waals surface area contributed by atoms with E-state index in [0.29, 0.717) is 24.5 Å². The van der Waals surface area contributed by atoms with Crippen LogP contribution in [0.25, 0.3) is 0 Å². The van der Waals surface area contributed by atoms with Crippen molar-refractivity contribution in [3.05, 3.63) is 46.1 Å². The molecule has 4 nitrogen and oxygen atoms in total. The van der Waals surface area contributed by atoms with Crippen LogP contribution in [0.1, 0.15) is 24.1 Å². The second-order valence-corrected chi connectivity index (χ2v) is 5.22. The fourth-order valence-electron chi connectivity index (χ4n) is 1.79. The summed E-state index contributed by atoms with van der Waals surface area (Å²) in [6.45, 7) is -0.0807. The zero-order valence-electron chi connectivity index (χ0n) is 11.4. The molecule has 0 atom stereocenters. The first-order valence-electron chi connectivity index (χ1n) is 6.46. The molecule has 1 heterocycles. The molecule has 2 rings (SSSR count). The predicted molar refractivity (Wildman–Crippen MR) is 77.2 cm³/mol. The molecular weight excluding hydrogens is 346 g/mol. The Kier molecular flexibility index (Phi) is 5.69. The highest BCUT2D eigenvalue weighted by molar-refractivity contribution is 9.10. The molecule has 0 saturated carbocycles. The molecule has 2 aromatic rings. The van der Waals surface area contributed by atoms with Crippen LogP contribution in [0, 0.1) is 0 Å². The Morgan fingerprint density at radius 1 is 1.38 bits per heavy atom. The van der Waals surface area contributed by atoms with Crippen molar-refractivity contribution in [3.8, 4) is 5.75 Å². The Hall–Kier alpha value is -1.47. The third-order valence-corrected chi connectivity index (χ3v) is 3.27. The van der Waals surface area contributed by atoms with Crippen LogP contribution in [0.2, 0.25) is 0 Å². The van der Waals surface area contributed by atoms with Crippen LogP contribution >= 0.6 is 15.9 Å². The third-order valence-electron chi connectivity index (χ3n) is 2.78. The topological polar surface area (TPSA) is 47.3 Å². The van der Waals surface area contributed by atoms with Crippen LogP contribution in [-0.4, -0.2) is 11.6 Å². The van der Waals surface area contributed by atoms with Crippen molar-refractivity contribution in [3.63, 3.8) is 0 Å². The number of rotatable bonds is 7. The Morgan fingerprint density at radius 3 is 2.86 bits per heavy atom. The van der Waals surface area contributed by atoms with E-state index in [9.17, 15) is 8.78 Å². The average Bonchev–Trinajstić information content (AvgIpc) is 2.89. The van der Waals surface area contributed by atoms with E-state index in [-0.39, 0.29) is 5.75 Å². The van der Waals surface area contributed by atoms with Crippen LogP contribution in [-0.2, 0) is 19.5 Å². The number of benzene rings is 1. The maximum Gasteiger partial charge on any atom is 0.387 e. The number of nitrogens with one attached hydrogen (secondary N) is 1. The van der Waals surface area contributed by atoms with E-state index in [1.165, 1.54) is 6.07 Å². The van der Waals surface area contributed by atoms with E-state index >= 15 is 0 Å². The molecule has 0 aliphatic carbocycles. The van der Waals surface area contributed by atoms with Gasteiger partial charge in [-0.2, -0.15) is 8.78 Å². The Labute approximate surface area is 129 Å². The van der Waals surface area contributed by atoms with Crippen molar-refractivity contribution in [2.45, 2.75) is 33.0 Å². The minimum absolute atomic E-state index is 0.155. The van der Waals surface area contributed by atoms with Crippen molar-refractivity contribution in [2.24, 2.45) is 0 Å². The SMILES string of the molecule is CCc1cnc(CNCc2cc(Br)ccc2OC(F)F)o1. The largest absolute Gasteiger partial charge is 0.444 e. The van der Waals surface area contributed by atoms with E-state index in [2.05, 4.69) is 31.0 Å². The lowest BCUT2D eigenvalue weighted by atomic mass is 10.2. The number of hydrogen-bond donors (Lipinski definition) is 1. The molecule has 0 aliphatic rings. The van der Waals surface area contributed by atoms with Gasteiger partial charge in [-0.05, 0) is 18.2 Å². The van der Waals surface area contributed by atoms with E-state index < -0.39 is 6.61 Å². The van der Waals surface area contributed by atoms with Crippen molar-refractivity contribution < 1.29 is 17.9 Å². The molecule has 0 aliphatic heterocycles. The lowest BCUT2D eigenvalue weighted by Crippen LogP contribution is -2.14. The Bertz CT molecular complexity index is 590. The monoisotopic (exact) mass is 360 g/mol. The normalized spacial score (nSPS) is 11.1. The van der Waals surface area contributed by atoms with Gasteiger partial charge < -0.3 is 14.5 Å². The van der Waals surface area contributed by atoms with Gasteiger partial charge in [0.1, 0.15) is 11.5 Å². The van der Waals surface area contributed by atoms with E-state index in [0.717, 1.165) is 16.7 Å². The van der Waals surface area contributed by atoms with Gasteiger partial charge in [-0.1, -0.05) is 22.9 Å². The highest BCUT2D eigenvalue weighted by Gasteiger charge is 2.10. The van der Waals surface area contributed by atoms with Crippen molar-refractivity contribution >= 4 is 15.9 Å². The number of alkyl halides is 2. The summed E-state index contributed by atoms with van der Waals surface area (Å²) in [4.78, 5) is 4.12. The summed E-state index contributed by atoms with van der Waals surface area (Å²) in [6, 6.07) is 4.90. The van der Waals surface area contributed by atoms with Gasteiger partial charge in [0.2, 0.25) is 5.89 Å². The van der Waals surface area contributed by atoms with Gasteiger partial charge in [0.05, 0.1) is 12.7 Å². The molecule has 0 bridgehead atoms. The minimum atomic E-state index is -2.84. The number of oxazole rings is 1. The first kappa shape index (κ1) is 15.9. The molecule has 0 spiro atoms. The van der Waals surface area contributed by atoms with Gasteiger partial charge in [0.25, 0.3) is 0 Å². The maximum atomic E-state index is 12.4. The van der Waals surface area contributed by atoms with E-state index in [4.69, 9.17) is 4.42 Å². The Balaban J connectivity index is 1.96. The Morgan fingerprint density at radius 2 is 2.19 bits per heavy atom. The molecule has 1 aromatic carbocycles. The molecule has 0 radical (unpaired) electrons. The summed E-state index contributed by atoms with van der Waals surface area (Å²) in [6.07, 6.45) is 2.46. The number of nitrogens with zero attached hydrogens (tertiary/aromatic N) is 1. The van der Waals surface area contributed by atoms with Gasteiger partial charge in [-0.25, -0.2) is 4.98 Å². The lowest BCUT2D eigenvalue weighted by Gasteiger charge is -2.11. The number of hydrogen-bond acceptors (Lipinski definition) is 4. The van der Waals surface area contributed by atoms with Gasteiger partial charge in [-0.15, -0.1) is 0 Å². The molecule has 0 saturated heterocycles. The summed E-state index contributed by atoms with van der Waals surface area (Å²) in [5, 5.41) is 3.09. The first-order valence-corrected chi connectivity index (χ1v) is 7.25. The van der Waals surface area contributed by atoms with Gasteiger partial charge in [0.15, 0.2) is 0 Å². The van der Waals surface area contributed by atoms with Crippen molar-refractivity contribution in [1.29, 1.82) is 0 Å². The standard InChI is InChI=1S/C14H15BrF2N2O2/c1-2-11-7-19-13(20-11)8-18-6-9-5-10(15)3-4-12(9)21-14(16)17/h3-5,7,14,18H,2,6,8H2,1H3. The van der Waals surface area contributed by atoms with E-state index in [1.54, 1.807) is 18.3 Å². The average molecular weight is 361 g/mol.